The number of nitrogens with two attached hydrogens (primary N) is 1. The molecule has 8 heteroatoms. The quantitative estimate of drug-likeness (QED) is 0.718. The minimum absolute atomic E-state index is 0.240. The van der Waals surface area contributed by atoms with Crippen LogP contribution >= 0.6 is 11.3 Å². The van der Waals surface area contributed by atoms with E-state index >= 15 is 0 Å². The van der Waals surface area contributed by atoms with Gasteiger partial charge in [-0.15, -0.1) is 11.3 Å². The number of carboxylic acid groups (broad SMARTS) is 1. The third-order valence-corrected chi connectivity index (χ3v) is 3.86. The summed E-state index contributed by atoms with van der Waals surface area (Å²) < 4.78 is 4.99. The molecule has 2 heterocycles. The lowest BCUT2D eigenvalue weighted by Gasteiger charge is -2.02. The average Bonchev–Trinajstić information content (AvgIpc) is 2.75. The number of aliphatic carboxylic acids is 1. The van der Waals surface area contributed by atoms with E-state index in [1.54, 1.807) is 13.8 Å². The van der Waals surface area contributed by atoms with E-state index in [-0.39, 0.29) is 6.54 Å². The van der Waals surface area contributed by atoms with E-state index in [4.69, 9.17) is 4.74 Å². The molecule has 106 valence electrons. The summed E-state index contributed by atoms with van der Waals surface area (Å²) in [5, 5.41) is 12.7. The topological polar surface area (TPSA) is 109 Å². The van der Waals surface area contributed by atoms with Crippen LogP contribution < -0.4 is 10.4 Å². The molecule has 0 aromatic carbocycles. The third kappa shape index (κ3) is 2.75. The fraction of sp³-hybridized carbons (Fsp3) is 0.333. The van der Waals surface area contributed by atoms with Crippen LogP contribution in [0.4, 0.5) is 5.82 Å². The summed E-state index contributed by atoms with van der Waals surface area (Å²) in [7, 11) is 0. The molecule has 0 unspecified atom stereocenters. The highest BCUT2D eigenvalue weighted by molar-refractivity contribution is 7.20. The summed E-state index contributed by atoms with van der Waals surface area (Å²) in [5.74, 6) is -1.10. The number of ether oxygens (including phenoxy) is 1. The van der Waals surface area contributed by atoms with Crippen LogP contribution in [0.15, 0.2) is 6.33 Å². The molecule has 0 saturated heterocycles. The maximum absolute atomic E-state index is 11.8. The van der Waals surface area contributed by atoms with Gasteiger partial charge in [-0.05, 0) is 19.4 Å². The molecule has 0 saturated carbocycles. The number of carbonyl (C=O) groups is 2. The lowest BCUT2D eigenvalue weighted by atomic mass is 10.2. The van der Waals surface area contributed by atoms with E-state index < -0.39 is 11.9 Å². The second-order valence-corrected chi connectivity index (χ2v) is 5.00. The molecule has 0 radical (unpaired) electrons. The molecule has 2 rings (SSSR count). The molecular weight excluding hydrogens is 282 g/mol. The van der Waals surface area contributed by atoms with Crippen LogP contribution in [0.5, 0.6) is 0 Å². The van der Waals surface area contributed by atoms with E-state index in [1.165, 1.54) is 23.0 Å². The Morgan fingerprint density at radius 3 is 2.85 bits per heavy atom. The number of aromatic nitrogens is 2. The fourth-order valence-electron chi connectivity index (χ4n) is 1.82. The Kier molecular flexibility index (Phi) is 4.26. The maximum atomic E-state index is 11.8. The highest BCUT2D eigenvalue weighted by Gasteiger charge is 2.21. The van der Waals surface area contributed by atoms with Gasteiger partial charge in [-0.2, -0.15) is 4.98 Å². The van der Waals surface area contributed by atoms with Crippen molar-refractivity contribution in [1.29, 1.82) is 0 Å². The molecule has 2 N–H and O–H groups in total. The number of quaternary nitrogens is 1. The molecule has 2 aromatic heterocycles. The summed E-state index contributed by atoms with van der Waals surface area (Å²) in [6.07, 6.45) is 1.34. The van der Waals surface area contributed by atoms with Gasteiger partial charge in [0.2, 0.25) is 5.82 Å². The number of carbonyl (C=O) groups excluding carboxylic acids is 2. The van der Waals surface area contributed by atoms with Crippen molar-refractivity contribution >= 4 is 39.3 Å². The van der Waals surface area contributed by atoms with Crippen LogP contribution in [0, 0.1) is 6.92 Å². The minimum Gasteiger partial charge on any atom is -0.544 e. The number of rotatable bonds is 5. The molecule has 0 atom stereocenters. The molecule has 0 amide bonds. The Morgan fingerprint density at radius 2 is 2.20 bits per heavy atom. The van der Waals surface area contributed by atoms with Gasteiger partial charge in [0.1, 0.15) is 22.6 Å². The number of hydrogen-bond donors (Lipinski definition) is 1. The first-order valence-electron chi connectivity index (χ1n) is 5.98. The molecular formula is C12H13N3O4S. The Morgan fingerprint density at radius 1 is 1.45 bits per heavy atom. The highest BCUT2D eigenvalue weighted by Crippen LogP contribution is 2.31. The third-order valence-electron chi connectivity index (χ3n) is 2.68. The number of carboxylic acids is 1. The lowest BCUT2D eigenvalue weighted by Crippen LogP contribution is -2.81. The zero-order chi connectivity index (χ0) is 14.7. The van der Waals surface area contributed by atoms with Crippen molar-refractivity contribution in [1.82, 2.24) is 9.97 Å². The van der Waals surface area contributed by atoms with Crippen LogP contribution in [0.2, 0.25) is 0 Å². The maximum Gasteiger partial charge on any atom is 0.348 e. The van der Waals surface area contributed by atoms with E-state index in [2.05, 4.69) is 9.97 Å². The van der Waals surface area contributed by atoms with Crippen molar-refractivity contribution in [3.05, 3.63) is 16.8 Å². The highest BCUT2D eigenvalue weighted by atomic mass is 32.1. The molecule has 0 aliphatic heterocycles. The molecule has 0 spiro atoms. The van der Waals surface area contributed by atoms with Gasteiger partial charge in [0.15, 0.2) is 0 Å². The first-order chi connectivity index (χ1) is 9.54. The molecule has 0 aliphatic rings. The standard InChI is InChI=1S/C12H13N3O4S/c1-3-19-12(18)9-6(2)8-10(13-4-7(16)17)14-5-15-11(8)20-9/h5H,3-4H2,1-2H3,(H,16,17)(H,13,14,15). The predicted octanol–water partition coefficient (Wildman–Crippen LogP) is -0.879. The zero-order valence-corrected chi connectivity index (χ0v) is 11.8. The van der Waals surface area contributed by atoms with Gasteiger partial charge in [-0.1, -0.05) is 0 Å². The van der Waals surface area contributed by atoms with Crippen LogP contribution in [0.25, 0.3) is 10.2 Å². The number of nitrogens with zero attached hydrogens (tertiary/aromatic N) is 2. The van der Waals surface area contributed by atoms with Crippen molar-refractivity contribution in [2.24, 2.45) is 0 Å². The van der Waals surface area contributed by atoms with E-state index in [9.17, 15) is 14.7 Å². The number of fused-ring (bicyclic) bond motifs is 1. The van der Waals surface area contributed by atoms with E-state index in [1.807, 2.05) is 0 Å². The van der Waals surface area contributed by atoms with Gasteiger partial charge in [0.05, 0.1) is 18.0 Å². The van der Waals surface area contributed by atoms with Gasteiger partial charge < -0.3 is 14.6 Å². The SMILES string of the molecule is CCOC(=O)c1sc2ncnc([NH2+]CC(=O)[O-])c2c1C. The number of thiophene rings is 1. The Balaban J connectivity index is 2.46. The lowest BCUT2D eigenvalue weighted by molar-refractivity contribution is -0.571. The molecule has 0 aliphatic carbocycles. The summed E-state index contributed by atoms with van der Waals surface area (Å²) in [6, 6.07) is 0. The van der Waals surface area contributed by atoms with Gasteiger partial charge in [0, 0.05) is 0 Å². The Bertz CT molecular complexity index is 668. The summed E-state index contributed by atoms with van der Waals surface area (Å²) in [4.78, 5) is 31.6. The number of hydrogen-bond acceptors (Lipinski definition) is 7. The molecule has 0 fully saturated rings. The fourth-order valence-corrected chi connectivity index (χ4v) is 2.88. The predicted molar refractivity (Wildman–Crippen MR) is 69.6 cm³/mol. The smallest absolute Gasteiger partial charge is 0.348 e. The second kappa shape index (κ2) is 5.93. The summed E-state index contributed by atoms with van der Waals surface area (Å²) >= 11 is 1.21. The van der Waals surface area contributed by atoms with Crippen LogP contribution in [-0.4, -0.2) is 35.1 Å². The summed E-state index contributed by atoms with van der Waals surface area (Å²) in [6.45, 7) is 3.56. The normalized spacial score (nSPS) is 10.7. The van der Waals surface area contributed by atoms with Gasteiger partial charge in [-0.3, -0.25) is 5.32 Å². The second-order valence-electron chi connectivity index (χ2n) is 4.00. The van der Waals surface area contributed by atoms with E-state index in [0.717, 1.165) is 0 Å². The van der Waals surface area contributed by atoms with Gasteiger partial charge in [-0.25, -0.2) is 9.78 Å². The Hall–Kier alpha value is -2.06. The summed E-state index contributed by atoms with van der Waals surface area (Å²) in [5.41, 5.74) is 0.702. The Labute approximate surface area is 118 Å². The van der Waals surface area contributed by atoms with Gasteiger partial charge in [0.25, 0.3) is 0 Å². The zero-order valence-electron chi connectivity index (χ0n) is 11.0. The van der Waals surface area contributed by atoms with Crippen LogP contribution in [0.3, 0.4) is 0 Å². The molecule has 20 heavy (non-hydrogen) atoms. The van der Waals surface area contributed by atoms with Crippen LogP contribution in [-0.2, 0) is 9.53 Å². The van der Waals surface area contributed by atoms with Crippen LogP contribution in [0.1, 0.15) is 22.2 Å². The van der Waals surface area contributed by atoms with Crippen molar-refractivity contribution in [3.8, 4) is 0 Å². The van der Waals surface area contributed by atoms with E-state index in [0.29, 0.717) is 33.1 Å². The molecule has 0 bridgehead atoms. The average molecular weight is 295 g/mol. The minimum atomic E-state index is -1.18. The molecule has 7 nitrogen and oxygen atoms in total. The molecule has 2 aromatic rings. The number of aryl methyl sites for hydroxylation is 1. The van der Waals surface area contributed by atoms with Crippen molar-refractivity contribution in [2.75, 3.05) is 13.2 Å². The largest absolute Gasteiger partial charge is 0.544 e. The first kappa shape index (κ1) is 14.4. The van der Waals surface area contributed by atoms with Crippen molar-refractivity contribution in [3.63, 3.8) is 0 Å². The monoisotopic (exact) mass is 295 g/mol. The van der Waals surface area contributed by atoms with Crippen molar-refractivity contribution < 1.29 is 24.7 Å². The van der Waals surface area contributed by atoms with Crippen molar-refractivity contribution in [2.45, 2.75) is 13.8 Å². The number of esters is 1. The first-order valence-corrected chi connectivity index (χ1v) is 6.80. The van der Waals surface area contributed by atoms with Gasteiger partial charge >= 0.3 is 5.97 Å².